The molecule has 1 saturated carbocycles. The zero-order chi connectivity index (χ0) is 13.2. The third kappa shape index (κ3) is 3.53. The van der Waals surface area contributed by atoms with Gasteiger partial charge in [-0.1, -0.05) is 13.8 Å². The van der Waals surface area contributed by atoms with Crippen molar-refractivity contribution in [3.63, 3.8) is 0 Å². The van der Waals surface area contributed by atoms with Crippen molar-refractivity contribution in [2.45, 2.75) is 43.5 Å². The van der Waals surface area contributed by atoms with E-state index in [1.807, 2.05) is 13.8 Å². The Kier molecular flexibility index (Phi) is 4.02. The number of nitrogens with one attached hydrogen (secondary N) is 1. The molecule has 100 valence electrons. The Morgan fingerprint density at radius 3 is 2.72 bits per heavy atom. The minimum Gasteiger partial charge on any atom is -0.314 e. The highest BCUT2D eigenvalue weighted by Crippen LogP contribution is 2.40. The second kappa shape index (κ2) is 5.36. The summed E-state index contributed by atoms with van der Waals surface area (Å²) in [4.78, 5) is 4.41. The molecule has 1 aromatic rings. The Morgan fingerprint density at radius 2 is 2.11 bits per heavy atom. The van der Waals surface area contributed by atoms with Crippen LogP contribution in [-0.4, -0.2) is 31.7 Å². The van der Waals surface area contributed by atoms with Crippen molar-refractivity contribution >= 4 is 9.84 Å². The normalized spacial score (nSPS) is 16.2. The molecular formula is C13H20N2O2S. The molecule has 0 saturated heterocycles. The molecule has 4 nitrogen and oxygen atoms in total. The first kappa shape index (κ1) is 13.5. The molecule has 1 aliphatic carbocycles. The Bertz CT molecular complexity index is 507. The van der Waals surface area contributed by atoms with Crippen LogP contribution in [0.5, 0.6) is 0 Å². The van der Waals surface area contributed by atoms with E-state index >= 15 is 0 Å². The van der Waals surface area contributed by atoms with Crippen LogP contribution in [0.15, 0.2) is 23.4 Å². The van der Waals surface area contributed by atoms with Gasteiger partial charge < -0.3 is 5.32 Å². The second-order valence-corrected chi connectivity index (χ2v) is 7.27. The third-order valence-corrected chi connectivity index (χ3v) is 4.75. The molecule has 0 spiro atoms. The first-order chi connectivity index (χ1) is 8.49. The van der Waals surface area contributed by atoms with E-state index < -0.39 is 9.84 Å². The number of rotatable bonds is 6. The molecule has 0 amide bonds. The van der Waals surface area contributed by atoms with E-state index in [0.717, 1.165) is 18.4 Å². The van der Waals surface area contributed by atoms with Crippen LogP contribution in [0.1, 0.15) is 38.2 Å². The summed E-state index contributed by atoms with van der Waals surface area (Å²) in [6.07, 6.45) is 5.54. The van der Waals surface area contributed by atoms with Gasteiger partial charge in [0.15, 0.2) is 9.84 Å². The van der Waals surface area contributed by atoms with Gasteiger partial charge in [0.2, 0.25) is 0 Å². The summed E-state index contributed by atoms with van der Waals surface area (Å²) in [6.45, 7) is 4.48. The first-order valence-electron chi connectivity index (χ1n) is 6.40. The van der Waals surface area contributed by atoms with Crippen molar-refractivity contribution in [1.82, 2.24) is 10.3 Å². The smallest absolute Gasteiger partial charge is 0.181 e. The quantitative estimate of drug-likeness (QED) is 0.853. The monoisotopic (exact) mass is 268 g/mol. The lowest BCUT2D eigenvalue weighted by atomic mass is 10.2. The second-order valence-electron chi connectivity index (χ2n) is 5.16. The number of sulfone groups is 1. The fourth-order valence-electron chi connectivity index (χ4n) is 1.85. The molecular weight excluding hydrogens is 248 g/mol. The van der Waals surface area contributed by atoms with E-state index in [4.69, 9.17) is 0 Å². The van der Waals surface area contributed by atoms with Gasteiger partial charge in [-0.05, 0) is 30.4 Å². The maximum absolute atomic E-state index is 12.1. The van der Waals surface area contributed by atoms with Gasteiger partial charge in [0, 0.05) is 25.0 Å². The molecule has 5 heteroatoms. The van der Waals surface area contributed by atoms with E-state index in [-0.39, 0.29) is 5.75 Å². The van der Waals surface area contributed by atoms with Crippen LogP contribution in [0.25, 0.3) is 0 Å². The average molecular weight is 268 g/mol. The molecule has 0 radical (unpaired) electrons. The third-order valence-electron chi connectivity index (χ3n) is 3.07. The predicted molar refractivity (Wildman–Crippen MR) is 71.4 cm³/mol. The lowest BCUT2D eigenvalue weighted by molar-refractivity contribution is 0.577. The van der Waals surface area contributed by atoms with Crippen molar-refractivity contribution in [2.75, 3.05) is 12.3 Å². The largest absolute Gasteiger partial charge is 0.314 e. The van der Waals surface area contributed by atoms with Crippen LogP contribution >= 0.6 is 0 Å². The molecule has 1 heterocycles. The predicted octanol–water partition coefficient (Wildman–Crippen LogP) is 1.73. The topological polar surface area (TPSA) is 59.1 Å². The van der Waals surface area contributed by atoms with Crippen LogP contribution in [0.4, 0.5) is 0 Å². The van der Waals surface area contributed by atoms with Crippen molar-refractivity contribution in [1.29, 1.82) is 0 Å². The molecule has 0 atom stereocenters. The summed E-state index contributed by atoms with van der Waals surface area (Å²) < 4.78 is 24.3. The maximum atomic E-state index is 12.1. The van der Waals surface area contributed by atoms with Gasteiger partial charge in [-0.25, -0.2) is 8.42 Å². The molecule has 2 rings (SSSR count). The van der Waals surface area contributed by atoms with Gasteiger partial charge >= 0.3 is 0 Å². The van der Waals surface area contributed by atoms with E-state index in [1.165, 1.54) is 6.20 Å². The summed E-state index contributed by atoms with van der Waals surface area (Å²) in [6, 6.07) is 2.09. The summed E-state index contributed by atoms with van der Waals surface area (Å²) in [5, 5.41) is 3.12. The summed E-state index contributed by atoms with van der Waals surface area (Å²) in [7, 11) is -3.21. The highest BCUT2D eigenvalue weighted by molar-refractivity contribution is 7.91. The molecule has 0 unspecified atom stereocenters. The lowest BCUT2D eigenvalue weighted by Crippen LogP contribution is -2.28. The van der Waals surface area contributed by atoms with E-state index in [1.54, 1.807) is 12.3 Å². The lowest BCUT2D eigenvalue weighted by Gasteiger charge is -2.09. The standard InChI is InChI=1S/C13H20N2O2S/c1-10(2)15-5-6-18(16,17)13-7-12(8-14-9-13)11-3-4-11/h7-11,15H,3-6H2,1-2H3. The van der Waals surface area contributed by atoms with Crippen LogP contribution in [0, 0.1) is 0 Å². The number of pyridine rings is 1. The van der Waals surface area contributed by atoms with Crippen molar-refractivity contribution in [2.24, 2.45) is 0 Å². The Balaban J connectivity index is 2.06. The summed E-state index contributed by atoms with van der Waals surface area (Å²) in [5.41, 5.74) is 1.06. The zero-order valence-corrected chi connectivity index (χ0v) is 11.7. The molecule has 1 aliphatic rings. The van der Waals surface area contributed by atoms with Crippen molar-refractivity contribution in [3.8, 4) is 0 Å². The fraction of sp³-hybridized carbons (Fsp3) is 0.615. The van der Waals surface area contributed by atoms with Crippen LogP contribution in [0.2, 0.25) is 0 Å². The number of nitrogens with zero attached hydrogens (tertiary/aromatic N) is 1. The molecule has 0 aromatic carbocycles. The van der Waals surface area contributed by atoms with Crippen molar-refractivity contribution < 1.29 is 8.42 Å². The minimum absolute atomic E-state index is 0.126. The van der Waals surface area contributed by atoms with Crippen LogP contribution in [0.3, 0.4) is 0 Å². The van der Waals surface area contributed by atoms with Gasteiger partial charge in [0.1, 0.15) is 0 Å². The van der Waals surface area contributed by atoms with Crippen molar-refractivity contribution in [3.05, 3.63) is 24.0 Å². The Morgan fingerprint density at radius 1 is 1.39 bits per heavy atom. The highest BCUT2D eigenvalue weighted by atomic mass is 32.2. The van der Waals surface area contributed by atoms with Gasteiger partial charge in [-0.3, -0.25) is 4.98 Å². The van der Waals surface area contributed by atoms with Crippen LogP contribution < -0.4 is 5.32 Å². The Hall–Kier alpha value is -0.940. The Labute approximate surface area is 109 Å². The van der Waals surface area contributed by atoms with Gasteiger partial charge in [-0.15, -0.1) is 0 Å². The number of aromatic nitrogens is 1. The number of hydrogen-bond acceptors (Lipinski definition) is 4. The first-order valence-corrected chi connectivity index (χ1v) is 8.05. The molecule has 1 N–H and O–H groups in total. The van der Waals surface area contributed by atoms with Gasteiger partial charge in [0.05, 0.1) is 10.6 Å². The fourth-order valence-corrected chi connectivity index (χ4v) is 3.00. The molecule has 18 heavy (non-hydrogen) atoms. The van der Waals surface area contributed by atoms with Crippen LogP contribution in [-0.2, 0) is 9.84 Å². The molecule has 0 bridgehead atoms. The van der Waals surface area contributed by atoms with E-state index in [0.29, 0.717) is 23.4 Å². The maximum Gasteiger partial charge on any atom is 0.181 e. The zero-order valence-electron chi connectivity index (χ0n) is 10.9. The van der Waals surface area contributed by atoms with Gasteiger partial charge in [0.25, 0.3) is 0 Å². The average Bonchev–Trinajstić information content (AvgIpc) is 3.12. The summed E-state index contributed by atoms with van der Waals surface area (Å²) in [5.74, 6) is 0.655. The van der Waals surface area contributed by atoms with E-state index in [2.05, 4.69) is 10.3 Å². The molecule has 1 aromatic heterocycles. The number of hydrogen-bond donors (Lipinski definition) is 1. The SMILES string of the molecule is CC(C)NCCS(=O)(=O)c1cncc(C2CC2)c1. The highest BCUT2D eigenvalue weighted by Gasteiger charge is 2.25. The van der Waals surface area contributed by atoms with Gasteiger partial charge in [-0.2, -0.15) is 0 Å². The minimum atomic E-state index is -3.21. The molecule has 1 fully saturated rings. The molecule has 0 aliphatic heterocycles. The summed E-state index contributed by atoms with van der Waals surface area (Å²) >= 11 is 0. The van der Waals surface area contributed by atoms with E-state index in [9.17, 15) is 8.42 Å².